The highest BCUT2D eigenvalue weighted by molar-refractivity contribution is 6.02. The molecule has 7 nitrogen and oxygen atoms in total. The summed E-state index contributed by atoms with van der Waals surface area (Å²) in [4.78, 5) is 34.5. The zero-order valence-electron chi connectivity index (χ0n) is 13.4. The normalized spacial score (nSPS) is 11.7. The Morgan fingerprint density at radius 2 is 2.09 bits per heavy atom. The summed E-state index contributed by atoms with van der Waals surface area (Å²) in [5.41, 5.74) is 0.0526. The fourth-order valence-electron chi connectivity index (χ4n) is 2.07. The molecule has 0 aliphatic rings. The molecule has 0 heterocycles. The van der Waals surface area contributed by atoms with Gasteiger partial charge < -0.3 is 10.1 Å². The fourth-order valence-corrected chi connectivity index (χ4v) is 2.07. The van der Waals surface area contributed by atoms with Crippen molar-refractivity contribution in [3.8, 4) is 0 Å². The number of nitro benzene ring substituents is 1. The first-order chi connectivity index (χ1) is 11.0. The molecule has 1 aromatic carbocycles. The number of hydrogen-bond donors (Lipinski definition) is 1. The van der Waals surface area contributed by atoms with Crippen LogP contribution >= 0.6 is 0 Å². The Hall–Kier alpha value is -2.28. The van der Waals surface area contributed by atoms with E-state index in [1.807, 2.05) is 6.92 Å². The number of Topliss-reactive ketones (excluding diaryl/α,β-unsaturated/α-hetero) is 1. The molecular formula is C16H22N2O5. The van der Waals surface area contributed by atoms with Gasteiger partial charge in [-0.2, -0.15) is 0 Å². The highest BCUT2D eigenvalue weighted by Gasteiger charge is 2.24. The van der Waals surface area contributed by atoms with Gasteiger partial charge in [0.25, 0.3) is 5.69 Å². The average Bonchev–Trinajstić information content (AvgIpc) is 2.53. The van der Waals surface area contributed by atoms with Crippen LogP contribution in [0.15, 0.2) is 24.3 Å². The number of nitrogens with one attached hydrogen (secondary N) is 1. The minimum Gasteiger partial charge on any atom is -0.466 e. The van der Waals surface area contributed by atoms with Crippen LogP contribution in [0.1, 0.15) is 43.5 Å². The predicted molar refractivity (Wildman–Crippen MR) is 85.4 cm³/mol. The molecule has 1 N–H and O–H groups in total. The van der Waals surface area contributed by atoms with Crippen LogP contribution in [0, 0.1) is 10.1 Å². The van der Waals surface area contributed by atoms with Crippen LogP contribution in [0.4, 0.5) is 5.69 Å². The van der Waals surface area contributed by atoms with E-state index in [9.17, 15) is 19.7 Å². The molecule has 0 saturated heterocycles. The van der Waals surface area contributed by atoms with Gasteiger partial charge in [0.05, 0.1) is 24.0 Å². The molecule has 23 heavy (non-hydrogen) atoms. The second kappa shape index (κ2) is 9.68. The Bertz CT molecular complexity index is 559. The summed E-state index contributed by atoms with van der Waals surface area (Å²) in [6.07, 6.45) is 1.71. The topological polar surface area (TPSA) is 98.5 Å². The van der Waals surface area contributed by atoms with Crippen molar-refractivity contribution >= 4 is 17.4 Å². The van der Waals surface area contributed by atoms with Gasteiger partial charge in [-0.15, -0.1) is 0 Å². The van der Waals surface area contributed by atoms with Crippen molar-refractivity contribution in [2.75, 3.05) is 13.2 Å². The van der Waals surface area contributed by atoms with Crippen molar-refractivity contribution in [2.24, 2.45) is 0 Å². The van der Waals surface area contributed by atoms with Crippen LogP contribution in [0.2, 0.25) is 0 Å². The smallest absolute Gasteiger partial charge is 0.307 e. The van der Waals surface area contributed by atoms with Gasteiger partial charge in [0.15, 0.2) is 5.78 Å². The van der Waals surface area contributed by atoms with E-state index in [0.717, 1.165) is 12.8 Å². The zero-order valence-corrected chi connectivity index (χ0v) is 13.4. The minimum absolute atomic E-state index is 0.0981. The largest absolute Gasteiger partial charge is 0.466 e. The maximum atomic E-state index is 12.6. The molecule has 0 aromatic heterocycles. The number of nitrogens with zero attached hydrogens (tertiary/aromatic N) is 1. The van der Waals surface area contributed by atoms with Crippen LogP contribution in [0.3, 0.4) is 0 Å². The number of hydrogen-bond acceptors (Lipinski definition) is 6. The summed E-state index contributed by atoms with van der Waals surface area (Å²) in [6, 6.07) is 4.76. The third-order valence-electron chi connectivity index (χ3n) is 3.26. The molecule has 0 spiro atoms. The van der Waals surface area contributed by atoms with E-state index >= 15 is 0 Å². The van der Waals surface area contributed by atoms with Crippen LogP contribution < -0.4 is 5.32 Å². The lowest BCUT2D eigenvalue weighted by molar-refractivity contribution is -0.384. The van der Waals surface area contributed by atoms with Crippen molar-refractivity contribution in [3.05, 3.63) is 39.9 Å². The summed E-state index contributed by atoms with van der Waals surface area (Å²) in [6.45, 7) is 4.54. The Labute approximate surface area is 135 Å². The molecule has 1 unspecified atom stereocenters. The molecule has 1 aromatic rings. The molecule has 0 saturated carbocycles. The molecule has 7 heteroatoms. The third-order valence-corrected chi connectivity index (χ3v) is 3.26. The summed E-state index contributed by atoms with van der Waals surface area (Å²) in [5.74, 6) is -0.821. The molecule has 0 aliphatic heterocycles. The van der Waals surface area contributed by atoms with E-state index in [2.05, 4.69) is 5.32 Å². The Balaban J connectivity index is 2.90. The van der Waals surface area contributed by atoms with Crippen molar-refractivity contribution in [1.82, 2.24) is 5.32 Å². The zero-order chi connectivity index (χ0) is 17.2. The third kappa shape index (κ3) is 6.15. The van der Waals surface area contributed by atoms with E-state index in [0.29, 0.717) is 6.54 Å². The first kappa shape index (κ1) is 18.8. The first-order valence-electron chi connectivity index (χ1n) is 7.67. The van der Waals surface area contributed by atoms with E-state index in [1.54, 1.807) is 6.92 Å². The van der Waals surface area contributed by atoms with E-state index in [4.69, 9.17) is 4.74 Å². The van der Waals surface area contributed by atoms with Crippen molar-refractivity contribution in [1.29, 1.82) is 0 Å². The van der Waals surface area contributed by atoms with E-state index < -0.39 is 16.9 Å². The molecule has 1 atom stereocenters. The Morgan fingerprint density at radius 3 is 2.70 bits per heavy atom. The van der Waals surface area contributed by atoms with Gasteiger partial charge in [0, 0.05) is 17.7 Å². The molecular weight excluding hydrogens is 300 g/mol. The number of ether oxygens (including phenoxy) is 1. The molecule has 1 rings (SSSR count). The first-order valence-corrected chi connectivity index (χ1v) is 7.67. The number of nitro groups is 1. The van der Waals surface area contributed by atoms with Gasteiger partial charge in [-0.1, -0.05) is 25.5 Å². The number of carbonyl (C=O) groups is 2. The number of benzene rings is 1. The number of esters is 1. The quantitative estimate of drug-likeness (QED) is 0.234. The van der Waals surface area contributed by atoms with Gasteiger partial charge in [0.2, 0.25) is 0 Å². The van der Waals surface area contributed by atoms with Gasteiger partial charge >= 0.3 is 5.97 Å². The van der Waals surface area contributed by atoms with E-state index in [-0.39, 0.29) is 30.1 Å². The molecule has 0 bridgehead atoms. The summed E-state index contributed by atoms with van der Waals surface area (Å²) < 4.78 is 4.89. The van der Waals surface area contributed by atoms with Gasteiger partial charge in [0.1, 0.15) is 0 Å². The molecule has 0 aliphatic carbocycles. The van der Waals surface area contributed by atoms with Crippen LogP contribution in [0.5, 0.6) is 0 Å². The second-order valence-corrected chi connectivity index (χ2v) is 5.04. The highest BCUT2D eigenvalue weighted by atomic mass is 16.6. The van der Waals surface area contributed by atoms with Gasteiger partial charge in [-0.25, -0.2) is 0 Å². The lowest BCUT2D eigenvalue weighted by Crippen LogP contribution is -2.39. The molecule has 0 fully saturated rings. The molecule has 0 radical (unpaired) electrons. The summed E-state index contributed by atoms with van der Waals surface area (Å²) in [5, 5.41) is 13.9. The minimum atomic E-state index is -0.748. The van der Waals surface area contributed by atoms with Crippen molar-refractivity contribution in [2.45, 2.75) is 39.2 Å². The standard InChI is InChI=1S/C16H22N2O5/c1-3-5-9-17-14(11-15(19)23-4-2)16(20)12-7-6-8-13(10-12)18(21)22/h6-8,10,14,17H,3-5,9,11H2,1-2H3. The second-order valence-electron chi connectivity index (χ2n) is 5.04. The van der Waals surface area contributed by atoms with Gasteiger partial charge in [-0.05, 0) is 19.9 Å². The monoisotopic (exact) mass is 322 g/mol. The van der Waals surface area contributed by atoms with E-state index in [1.165, 1.54) is 24.3 Å². The number of carbonyl (C=O) groups excluding carboxylic acids is 2. The highest BCUT2D eigenvalue weighted by Crippen LogP contribution is 2.15. The van der Waals surface area contributed by atoms with Crippen LogP contribution in [-0.4, -0.2) is 35.9 Å². The number of non-ortho nitro benzene ring substituents is 1. The maximum absolute atomic E-state index is 12.6. The maximum Gasteiger partial charge on any atom is 0.307 e. The summed E-state index contributed by atoms with van der Waals surface area (Å²) >= 11 is 0. The predicted octanol–water partition coefficient (Wildman–Crippen LogP) is 2.49. The molecule has 126 valence electrons. The lowest BCUT2D eigenvalue weighted by atomic mass is 10.0. The van der Waals surface area contributed by atoms with Crippen LogP contribution in [0.25, 0.3) is 0 Å². The Kier molecular flexibility index (Phi) is 7.90. The van der Waals surface area contributed by atoms with Crippen LogP contribution in [-0.2, 0) is 9.53 Å². The number of rotatable bonds is 10. The number of unbranched alkanes of at least 4 members (excludes halogenated alkanes) is 1. The van der Waals surface area contributed by atoms with Crippen molar-refractivity contribution in [3.63, 3.8) is 0 Å². The SMILES string of the molecule is CCCCNC(CC(=O)OCC)C(=O)c1cccc([N+](=O)[O-])c1. The molecule has 0 amide bonds. The lowest BCUT2D eigenvalue weighted by Gasteiger charge is -2.17. The average molecular weight is 322 g/mol. The number of ketones is 1. The van der Waals surface area contributed by atoms with Gasteiger partial charge in [-0.3, -0.25) is 19.7 Å². The Morgan fingerprint density at radius 1 is 1.35 bits per heavy atom. The fraction of sp³-hybridized carbons (Fsp3) is 0.500. The van der Waals surface area contributed by atoms with Crippen molar-refractivity contribution < 1.29 is 19.2 Å². The summed E-state index contributed by atoms with van der Waals surface area (Å²) in [7, 11) is 0.